The summed E-state index contributed by atoms with van der Waals surface area (Å²) in [7, 11) is 0. The van der Waals surface area contributed by atoms with Crippen molar-refractivity contribution >= 4 is 110 Å². The van der Waals surface area contributed by atoms with Gasteiger partial charge in [-0.25, -0.2) is 0 Å². The number of rotatable bonds is 6. The fraction of sp³-hybridized carbons (Fsp3) is 0. The van der Waals surface area contributed by atoms with Gasteiger partial charge in [-0.1, -0.05) is 115 Å². The van der Waals surface area contributed by atoms with Crippen LogP contribution in [0.25, 0.3) is 76.2 Å². The quantitative estimate of drug-likeness (QED) is 0.159. The van der Waals surface area contributed by atoms with Crippen LogP contribution in [0.4, 0.5) is 34.1 Å². The first kappa shape index (κ1) is 32.4. The molecule has 0 aliphatic heterocycles. The molecule has 4 nitrogen and oxygen atoms in total. The Morgan fingerprint density at radius 1 is 0.259 bits per heavy atom. The summed E-state index contributed by atoms with van der Waals surface area (Å²) in [6.07, 6.45) is 0. The van der Waals surface area contributed by atoms with Gasteiger partial charge in [0.1, 0.15) is 22.3 Å². The molecule has 12 rings (SSSR count). The van der Waals surface area contributed by atoms with E-state index in [0.717, 1.165) is 78.0 Å². The lowest BCUT2D eigenvalue weighted by molar-refractivity contribution is 0.668. The van der Waals surface area contributed by atoms with Gasteiger partial charge < -0.3 is 18.6 Å². The van der Waals surface area contributed by atoms with Gasteiger partial charge >= 0.3 is 0 Å². The highest BCUT2D eigenvalue weighted by Gasteiger charge is 2.20. The Morgan fingerprint density at radius 3 is 1.40 bits per heavy atom. The predicted molar refractivity (Wildman–Crippen MR) is 243 cm³/mol. The molecule has 272 valence electrons. The standard InChI is InChI=1S/C54H34N2O2/c1-3-13-37(14-4-1)55(40-26-30-52-47(33-40)43-17-7-9-20-50(43)57-52)39-25-22-35-23-29-45-42(46(35)32-39)28-24-36-12-11-19-49(54(36)45)56(38-15-5-2-6-16-38)41-27-31-53-48(34-41)44-18-8-10-21-51(44)58-53/h1-34H. The van der Waals surface area contributed by atoms with Crippen LogP contribution in [0.15, 0.2) is 215 Å². The van der Waals surface area contributed by atoms with E-state index in [2.05, 4.69) is 192 Å². The maximum absolute atomic E-state index is 6.26. The molecule has 2 heterocycles. The Bertz CT molecular complexity index is 3530. The van der Waals surface area contributed by atoms with Crippen molar-refractivity contribution in [1.82, 2.24) is 0 Å². The Balaban J connectivity index is 1.07. The smallest absolute Gasteiger partial charge is 0.135 e. The lowest BCUT2D eigenvalue weighted by atomic mass is 9.95. The molecule has 0 bridgehead atoms. The summed E-state index contributed by atoms with van der Waals surface area (Å²) in [6.45, 7) is 0. The van der Waals surface area contributed by atoms with E-state index in [1.807, 2.05) is 24.3 Å². The minimum atomic E-state index is 0.881. The summed E-state index contributed by atoms with van der Waals surface area (Å²) in [5, 5.41) is 11.6. The maximum Gasteiger partial charge on any atom is 0.135 e. The maximum atomic E-state index is 6.26. The van der Waals surface area contributed by atoms with Gasteiger partial charge in [0.25, 0.3) is 0 Å². The van der Waals surface area contributed by atoms with E-state index in [-0.39, 0.29) is 0 Å². The normalized spacial score (nSPS) is 11.8. The lowest BCUT2D eigenvalue weighted by Crippen LogP contribution is -2.10. The van der Waals surface area contributed by atoms with Crippen LogP contribution in [0.1, 0.15) is 0 Å². The molecule has 0 saturated carbocycles. The first-order valence-electron chi connectivity index (χ1n) is 19.7. The zero-order chi connectivity index (χ0) is 38.2. The minimum Gasteiger partial charge on any atom is -0.456 e. The van der Waals surface area contributed by atoms with Crippen LogP contribution in [0.3, 0.4) is 0 Å². The highest BCUT2D eigenvalue weighted by Crippen LogP contribution is 2.45. The summed E-state index contributed by atoms with van der Waals surface area (Å²) in [5.41, 5.74) is 10.1. The van der Waals surface area contributed by atoms with Gasteiger partial charge in [0.15, 0.2) is 0 Å². The fourth-order valence-corrected chi connectivity index (χ4v) is 8.95. The molecule has 0 saturated heterocycles. The van der Waals surface area contributed by atoms with Crippen molar-refractivity contribution in [2.45, 2.75) is 0 Å². The Labute approximate surface area is 334 Å². The molecule has 0 radical (unpaired) electrons. The molecule has 2 aromatic heterocycles. The van der Waals surface area contributed by atoms with Crippen molar-refractivity contribution in [2.24, 2.45) is 0 Å². The number of hydrogen-bond donors (Lipinski definition) is 0. The van der Waals surface area contributed by atoms with E-state index in [4.69, 9.17) is 8.83 Å². The summed E-state index contributed by atoms with van der Waals surface area (Å²) < 4.78 is 12.5. The van der Waals surface area contributed by atoms with Crippen molar-refractivity contribution < 1.29 is 8.83 Å². The highest BCUT2D eigenvalue weighted by molar-refractivity contribution is 6.22. The molecule has 0 aliphatic carbocycles. The van der Waals surface area contributed by atoms with Gasteiger partial charge in [-0.3, -0.25) is 0 Å². The molecule has 0 amide bonds. The largest absolute Gasteiger partial charge is 0.456 e. The van der Waals surface area contributed by atoms with E-state index < -0.39 is 0 Å². The van der Waals surface area contributed by atoms with E-state index in [1.165, 1.54) is 32.3 Å². The Hall–Kier alpha value is -7.82. The van der Waals surface area contributed by atoms with Crippen LogP contribution in [0.2, 0.25) is 0 Å². The molecular weight excluding hydrogens is 709 g/mol. The van der Waals surface area contributed by atoms with E-state index in [1.54, 1.807) is 0 Å². The van der Waals surface area contributed by atoms with Crippen LogP contribution in [-0.2, 0) is 0 Å². The topological polar surface area (TPSA) is 32.8 Å². The van der Waals surface area contributed by atoms with Gasteiger partial charge in [0.05, 0.1) is 5.69 Å². The molecule has 10 aromatic carbocycles. The molecule has 0 atom stereocenters. The fourth-order valence-electron chi connectivity index (χ4n) is 8.95. The first-order valence-corrected chi connectivity index (χ1v) is 19.7. The molecule has 0 fully saturated rings. The molecule has 4 heteroatoms. The predicted octanol–water partition coefficient (Wildman–Crippen LogP) is 15.9. The SMILES string of the molecule is c1ccc(N(c2ccc3ccc4c(ccc5cccc(N(c6ccccc6)c6ccc7oc8ccccc8c7c6)c54)c3c2)c2ccc3oc4ccccc4c3c2)cc1. The monoisotopic (exact) mass is 742 g/mol. The van der Waals surface area contributed by atoms with Crippen molar-refractivity contribution in [3.63, 3.8) is 0 Å². The van der Waals surface area contributed by atoms with Gasteiger partial charge in [-0.05, 0) is 118 Å². The second-order valence-electron chi connectivity index (χ2n) is 14.9. The molecule has 12 aromatic rings. The number of fused-ring (bicyclic) bond motifs is 11. The number of hydrogen-bond acceptors (Lipinski definition) is 4. The van der Waals surface area contributed by atoms with Crippen LogP contribution in [0.5, 0.6) is 0 Å². The van der Waals surface area contributed by atoms with Crippen LogP contribution >= 0.6 is 0 Å². The van der Waals surface area contributed by atoms with Gasteiger partial charge in [-0.15, -0.1) is 0 Å². The van der Waals surface area contributed by atoms with Gasteiger partial charge in [0, 0.05) is 55.4 Å². The molecule has 0 unspecified atom stereocenters. The van der Waals surface area contributed by atoms with Gasteiger partial charge in [-0.2, -0.15) is 0 Å². The lowest BCUT2D eigenvalue weighted by Gasteiger charge is -2.28. The number of para-hydroxylation sites is 4. The highest BCUT2D eigenvalue weighted by atomic mass is 16.3. The Kier molecular flexibility index (Phi) is 7.20. The van der Waals surface area contributed by atoms with Crippen molar-refractivity contribution in [3.8, 4) is 0 Å². The van der Waals surface area contributed by atoms with Crippen molar-refractivity contribution in [2.75, 3.05) is 9.80 Å². The number of benzene rings is 10. The summed E-state index contributed by atoms with van der Waals surface area (Å²) >= 11 is 0. The van der Waals surface area contributed by atoms with E-state index in [0.29, 0.717) is 0 Å². The van der Waals surface area contributed by atoms with E-state index >= 15 is 0 Å². The van der Waals surface area contributed by atoms with Gasteiger partial charge in [0.2, 0.25) is 0 Å². The molecule has 0 spiro atoms. The summed E-state index contributed by atoms with van der Waals surface area (Å²) in [5.74, 6) is 0. The number of furan rings is 2. The third-order valence-electron chi connectivity index (χ3n) is 11.6. The summed E-state index contributed by atoms with van der Waals surface area (Å²) in [4.78, 5) is 4.73. The average molecular weight is 743 g/mol. The average Bonchev–Trinajstić information content (AvgIpc) is 3.85. The second kappa shape index (κ2) is 12.9. The third kappa shape index (κ3) is 5.09. The number of nitrogens with zero attached hydrogens (tertiary/aromatic N) is 2. The van der Waals surface area contributed by atoms with Crippen LogP contribution in [-0.4, -0.2) is 0 Å². The minimum absolute atomic E-state index is 0.881. The molecule has 58 heavy (non-hydrogen) atoms. The van der Waals surface area contributed by atoms with Crippen LogP contribution in [0, 0.1) is 0 Å². The molecule has 0 N–H and O–H groups in total. The third-order valence-corrected chi connectivity index (χ3v) is 11.6. The first-order chi connectivity index (χ1) is 28.7. The summed E-state index contributed by atoms with van der Waals surface area (Å²) in [6, 6.07) is 73.5. The van der Waals surface area contributed by atoms with Crippen molar-refractivity contribution in [3.05, 3.63) is 206 Å². The van der Waals surface area contributed by atoms with Crippen molar-refractivity contribution in [1.29, 1.82) is 0 Å². The van der Waals surface area contributed by atoms with E-state index in [9.17, 15) is 0 Å². The zero-order valence-corrected chi connectivity index (χ0v) is 31.3. The van der Waals surface area contributed by atoms with Crippen LogP contribution < -0.4 is 9.80 Å². The number of anilines is 6. The molecule has 0 aliphatic rings. The zero-order valence-electron chi connectivity index (χ0n) is 31.3. The Morgan fingerprint density at radius 2 is 0.741 bits per heavy atom. The second-order valence-corrected chi connectivity index (χ2v) is 14.9. The molecular formula is C54H34N2O2.